The summed E-state index contributed by atoms with van der Waals surface area (Å²) in [5.41, 5.74) is -0.132. The molecule has 18 heavy (non-hydrogen) atoms. The molecule has 1 fully saturated rings. The van der Waals surface area contributed by atoms with Crippen LogP contribution in [0.3, 0.4) is 0 Å². The van der Waals surface area contributed by atoms with Crippen molar-refractivity contribution in [1.29, 1.82) is 0 Å². The summed E-state index contributed by atoms with van der Waals surface area (Å²) in [6.45, 7) is 7.80. The highest BCUT2D eigenvalue weighted by atomic mass is 16.5. The molecule has 1 saturated heterocycles. The minimum absolute atomic E-state index is 0.132. The van der Waals surface area contributed by atoms with Gasteiger partial charge in [0, 0.05) is 18.8 Å². The van der Waals surface area contributed by atoms with E-state index in [0.717, 1.165) is 58.5 Å². The van der Waals surface area contributed by atoms with Gasteiger partial charge in [-0.15, -0.1) is 0 Å². The Morgan fingerprint density at radius 2 is 2.28 bits per heavy atom. The largest absolute Gasteiger partial charge is 0.394 e. The molecule has 2 atom stereocenters. The molecule has 0 radical (unpaired) electrons. The third-order valence-electron chi connectivity index (χ3n) is 3.52. The van der Waals surface area contributed by atoms with E-state index in [1.807, 2.05) is 0 Å². The maximum atomic E-state index is 9.43. The van der Waals surface area contributed by atoms with Crippen LogP contribution in [-0.2, 0) is 9.47 Å². The highest BCUT2D eigenvalue weighted by Crippen LogP contribution is 2.14. The fraction of sp³-hybridized carbons (Fsp3) is 1.00. The van der Waals surface area contributed by atoms with Gasteiger partial charge >= 0.3 is 0 Å². The van der Waals surface area contributed by atoms with Gasteiger partial charge in [-0.05, 0) is 45.6 Å². The third-order valence-corrected chi connectivity index (χ3v) is 3.52. The van der Waals surface area contributed by atoms with Crippen molar-refractivity contribution in [3.8, 4) is 0 Å². The van der Waals surface area contributed by atoms with Crippen molar-refractivity contribution >= 4 is 0 Å². The summed E-state index contributed by atoms with van der Waals surface area (Å²) >= 11 is 0. The lowest BCUT2D eigenvalue weighted by Crippen LogP contribution is -2.46. The topological polar surface area (TPSA) is 50.7 Å². The third kappa shape index (κ3) is 6.14. The van der Waals surface area contributed by atoms with Gasteiger partial charge in [0.2, 0.25) is 0 Å². The zero-order valence-electron chi connectivity index (χ0n) is 11.9. The first-order chi connectivity index (χ1) is 8.70. The maximum absolute atomic E-state index is 9.43. The monoisotopic (exact) mass is 259 g/mol. The SMILES string of the molecule is CCCNC(C)(CO)CCCCOC1CCOC1. The average molecular weight is 259 g/mol. The second-order valence-corrected chi connectivity index (χ2v) is 5.46. The van der Waals surface area contributed by atoms with Crippen molar-refractivity contribution in [2.24, 2.45) is 0 Å². The van der Waals surface area contributed by atoms with E-state index in [0.29, 0.717) is 6.10 Å². The smallest absolute Gasteiger partial charge is 0.0830 e. The molecule has 0 aromatic heterocycles. The number of unbranched alkanes of at least 4 members (excludes halogenated alkanes) is 1. The highest BCUT2D eigenvalue weighted by molar-refractivity contribution is 4.81. The fourth-order valence-corrected chi connectivity index (χ4v) is 2.16. The lowest BCUT2D eigenvalue weighted by Gasteiger charge is -2.29. The van der Waals surface area contributed by atoms with E-state index in [4.69, 9.17) is 9.47 Å². The average Bonchev–Trinajstić information content (AvgIpc) is 2.89. The first-order valence-electron chi connectivity index (χ1n) is 7.25. The molecule has 0 bridgehead atoms. The summed E-state index contributed by atoms with van der Waals surface area (Å²) in [5.74, 6) is 0. The van der Waals surface area contributed by atoms with Crippen LogP contribution in [0.4, 0.5) is 0 Å². The Bertz CT molecular complexity index is 207. The molecule has 0 aliphatic carbocycles. The molecule has 2 unspecified atom stereocenters. The molecule has 0 aromatic rings. The first kappa shape index (κ1) is 15.9. The van der Waals surface area contributed by atoms with Gasteiger partial charge in [-0.1, -0.05) is 6.92 Å². The molecule has 4 heteroatoms. The number of hydrogen-bond donors (Lipinski definition) is 2. The predicted octanol–water partition coefficient (Wildman–Crippen LogP) is 1.71. The van der Waals surface area contributed by atoms with Crippen molar-refractivity contribution in [1.82, 2.24) is 5.32 Å². The lowest BCUT2D eigenvalue weighted by molar-refractivity contribution is 0.0392. The summed E-state index contributed by atoms with van der Waals surface area (Å²) in [6, 6.07) is 0. The van der Waals surface area contributed by atoms with Gasteiger partial charge in [0.15, 0.2) is 0 Å². The molecule has 0 saturated carbocycles. The van der Waals surface area contributed by atoms with Crippen LogP contribution in [0.1, 0.15) is 46.0 Å². The van der Waals surface area contributed by atoms with E-state index in [-0.39, 0.29) is 12.1 Å². The minimum atomic E-state index is -0.132. The molecule has 1 aliphatic heterocycles. The van der Waals surface area contributed by atoms with Gasteiger partial charge in [-0.2, -0.15) is 0 Å². The summed E-state index contributed by atoms with van der Waals surface area (Å²) in [7, 11) is 0. The van der Waals surface area contributed by atoms with Gasteiger partial charge < -0.3 is 19.9 Å². The van der Waals surface area contributed by atoms with Crippen molar-refractivity contribution in [3.05, 3.63) is 0 Å². The molecular formula is C14H29NO3. The van der Waals surface area contributed by atoms with Crippen LogP contribution in [-0.4, -0.2) is 49.7 Å². The quantitative estimate of drug-likeness (QED) is 0.587. The van der Waals surface area contributed by atoms with Crippen molar-refractivity contribution in [2.45, 2.75) is 57.6 Å². The Morgan fingerprint density at radius 3 is 2.89 bits per heavy atom. The number of aliphatic hydroxyl groups is 1. The number of nitrogens with one attached hydrogen (secondary N) is 1. The van der Waals surface area contributed by atoms with E-state index < -0.39 is 0 Å². The second kappa shape index (κ2) is 8.86. The molecule has 2 N–H and O–H groups in total. The zero-order valence-corrected chi connectivity index (χ0v) is 11.9. The molecule has 1 rings (SSSR count). The normalized spacial score (nSPS) is 23.2. The van der Waals surface area contributed by atoms with Crippen LogP contribution in [0.25, 0.3) is 0 Å². The Kier molecular flexibility index (Phi) is 7.82. The Hall–Kier alpha value is -0.160. The lowest BCUT2D eigenvalue weighted by atomic mass is 9.95. The Labute approximate surface area is 111 Å². The van der Waals surface area contributed by atoms with Crippen LogP contribution in [0.15, 0.2) is 0 Å². The molecule has 1 heterocycles. The Balaban J connectivity index is 2.03. The Morgan fingerprint density at radius 1 is 1.44 bits per heavy atom. The van der Waals surface area contributed by atoms with Gasteiger partial charge in [-0.25, -0.2) is 0 Å². The molecule has 0 spiro atoms. The second-order valence-electron chi connectivity index (χ2n) is 5.46. The van der Waals surface area contributed by atoms with Crippen molar-refractivity contribution < 1.29 is 14.6 Å². The van der Waals surface area contributed by atoms with Crippen LogP contribution in [0.5, 0.6) is 0 Å². The number of ether oxygens (including phenoxy) is 2. The van der Waals surface area contributed by atoms with Gasteiger partial charge in [0.05, 0.1) is 19.3 Å². The predicted molar refractivity (Wildman–Crippen MR) is 72.8 cm³/mol. The molecular weight excluding hydrogens is 230 g/mol. The van der Waals surface area contributed by atoms with Gasteiger partial charge in [0.25, 0.3) is 0 Å². The van der Waals surface area contributed by atoms with Crippen LogP contribution >= 0.6 is 0 Å². The maximum Gasteiger partial charge on any atom is 0.0830 e. The summed E-state index contributed by atoms with van der Waals surface area (Å²) in [5, 5.41) is 12.8. The molecule has 108 valence electrons. The minimum Gasteiger partial charge on any atom is -0.394 e. The molecule has 0 amide bonds. The zero-order chi connectivity index (χ0) is 13.3. The van der Waals surface area contributed by atoms with Crippen molar-refractivity contribution in [3.63, 3.8) is 0 Å². The van der Waals surface area contributed by atoms with Gasteiger partial charge in [-0.3, -0.25) is 0 Å². The van der Waals surface area contributed by atoms with E-state index in [1.54, 1.807) is 0 Å². The molecule has 1 aliphatic rings. The van der Waals surface area contributed by atoms with Gasteiger partial charge in [0.1, 0.15) is 0 Å². The molecule has 0 aromatic carbocycles. The number of aliphatic hydroxyl groups excluding tert-OH is 1. The summed E-state index contributed by atoms with van der Waals surface area (Å²) in [6.07, 6.45) is 5.58. The number of rotatable bonds is 10. The fourth-order valence-electron chi connectivity index (χ4n) is 2.16. The van der Waals surface area contributed by atoms with Crippen LogP contribution in [0, 0.1) is 0 Å². The summed E-state index contributed by atoms with van der Waals surface area (Å²) < 4.78 is 11.0. The van der Waals surface area contributed by atoms with E-state index in [1.165, 1.54) is 0 Å². The first-order valence-corrected chi connectivity index (χ1v) is 7.25. The number of hydrogen-bond acceptors (Lipinski definition) is 4. The molecule has 4 nitrogen and oxygen atoms in total. The van der Waals surface area contributed by atoms with E-state index in [9.17, 15) is 5.11 Å². The van der Waals surface area contributed by atoms with Crippen LogP contribution < -0.4 is 5.32 Å². The van der Waals surface area contributed by atoms with Crippen molar-refractivity contribution in [2.75, 3.05) is 33.0 Å². The van der Waals surface area contributed by atoms with E-state index in [2.05, 4.69) is 19.2 Å². The highest BCUT2D eigenvalue weighted by Gasteiger charge is 2.21. The van der Waals surface area contributed by atoms with Crippen LogP contribution in [0.2, 0.25) is 0 Å². The summed E-state index contributed by atoms with van der Waals surface area (Å²) in [4.78, 5) is 0. The van der Waals surface area contributed by atoms with E-state index >= 15 is 0 Å². The standard InChI is InChI=1S/C14H29NO3/c1-3-8-15-14(2,12-16)7-4-5-9-18-13-6-10-17-11-13/h13,15-16H,3-12H2,1-2H3.